The molecule has 0 bridgehead atoms. The van der Waals surface area contributed by atoms with E-state index in [0.29, 0.717) is 5.56 Å². The van der Waals surface area contributed by atoms with Crippen molar-refractivity contribution in [3.8, 4) is 0 Å². The summed E-state index contributed by atoms with van der Waals surface area (Å²) in [6.07, 6.45) is -3.45. The third-order valence-corrected chi connectivity index (χ3v) is 3.47. The second-order valence-corrected chi connectivity index (χ2v) is 5.49. The van der Waals surface area contributed by atoms with Crippen molar-refractivity contribution in [2.45, 2.75) is 19.3 Å². The number of nitrogens with zero attached hydrogens (tertiary/aromatic N) is 4. The highest BCUT2D eigenvalue weighted by atomic mass is 19.4. The van der Waals surface area contributed by atoms with E-state index < -0.39 is 36.7 Å². The molecule has 1 aromatic heterocycles. The first-order chi connectivity index (χ1) is 12.6. The van der Waals surface area contributed by atoms with Crippen molar-refractivity contribution in [2.75, 3.05) is 20.1 Å². The molecular weight excluding hydrogens is 371 g/mol. The Labute approximate surface area is 151 Å². The minimum Gasteiger partial charge on any atom is -0.440 e. The van der Waals surface area contributed by atoms with Gasteiger partial charge in [-0.25, -0.2) is 0 Å². The number of halogens is 3. The predicted octanol–water partition coefficient (Wildman–Crippen LogP) is 0.0849. The van der Waals surface area contributed by atoms with Gasteiger partial charge >= 0.3 is 12.1 Å². The Balaban J connectivity index is 2.00. The average molecular weight is 387 g/mol. The summed E-state index contributed by atoms with van der Waals surface area (Å²) in [5.41, 5.74) is 0.492. The van der Waals surface area contributed by atoms with Crippen molar-refractivity contribution in [1.82, 2.24) is 20.2 Å². The highest BCUT2D eigenvalue weighted by Crippen LogP contribution is 2.19. The lowest BCUT2D eigenvalue weighted by atomic mass is 10.3. The average Bonchev–Trinajstić information content (AvgIpc) is 3.06. The number of pyridine rings is 1. The molecule has 1 aliphatic heterocycles. The molecule has 27 heavy (non-hydrogen) atoms. The minimum atomic E-state index is -5.00. The lowest BCUT2D eigenvalue weighted by molar-refractivity contribution is -0.173. The Morgan fingerprint density at radius 1 is 1.30 bits per heavy atom. The number of carbonyl (C=O) groups excluding carboxylic acids is 3. The van der Waals surface area contributed by atoms with Crippen LogP contribution in [0, 0.1) is 0 Å². The van der Waals surface area contributed by atoms with E-state index in [4.69, 9.17) is 4.74 Å². The van der Waals surface area contributed by atoms with E-state index in [1.54, 1.807) is 17.4 Å². The van der Waals surface area contributed by atoms with Gasteiger partial charge in [-0.2, -0.15) is 18.2 Å². The number of aromatic nitrogens is 1. The van der Waals surface area contributed by atoms with Gasteiger partial charge in [0.2, 0.25) is 11.8 Å². The molecular formula is C15H16F3N5O4. The molecule has 0 aliphatic carbocycles. The maximum atomic E-state index is 12.5. The summed E-state index contributed by atoms with van der Waals surface area (Å²) in [7, 11) is 1.30. The zero-order chi connectivity index (χ0) is 20.2. The van der Waals surface area contributed by atoms with Crippen LogP contribution in [-0.4, -0.2) is 71.1 Å². The van der Waals surface area contributed by atoms with Gasteiger partial charge in [0.05, 0.1) is 0 Å². The number of amides is 3. The van der Waals surface area contributed by atoms with E-state index >= 15 is 0 Å². The van der Waals surface area contributed by atoms with Crippen molar-refractivity contribution in [2.24, 2.45) is 5.10 Å². The lowest BCUT2D eigenvalue weighted by Gasteiger charge is -2.24. The van der Waals surface area contributed by atoms with Gasteiger partial charge in [0.15, 0.2) is 0 Å². The van der Waals surface area contributed by atoms with E-state index in [-0.39, 0.29) is 12.4 Å². The van der Waals surface area contributed by atoms with Gasteiger partial charge in [0.1, 0.15) is 0 Å². The van der Waals surface area contributed by atoms with Crippen molar-refractivity contribution in [3.63, 3.8) is 0 Å². The molecule has 1 atom stereocenters. The molecule has 12 heteroatoms. The zero-order valence-corrected chi connectivity index (χ0v) is 14.4. The number of ether oxygens (including phenoxy) is 1. The topological polar surface area (TPSA) is 104 Å². The molecule has 0 aromatic carbocycles. The summed E-state index contributed by atoms with van der Waals surface area (Å²) in [6, 6.07) is 3.14. The van der Waals surface area contributed by atoms with Crippen LogP contribution in [0.25, 0.3) is 0 Å². The van der Waals surface area contributed by atoms with Crippen LogP contribution >= 0.6 is 0 Å². The van der Waals surface area contributed by atoms with E-state index in [2.05, 4.69) is 10.1 Å². The van der Waals surface area contributed by atoms with Crippen LogP contribution in [0.15, 0.2) is 29.6 Å². The first kappa shape index (κ1) is 20.1. The number of carbonyl (C=O) groups is 3. The Morgan fingerprint density at radius 2 is 1.93 bits per heavy atom. The second kappa shape index (κ2) is 8.01. The Kier molecular flexibility index (Phi) is 5.98. The molecule has 2 heterocycles. The van der Waals surface area contributed by atoms with E-state index in [0.717, 1.165) is 9.91 Å². The van der Waals surface area contributed by atoms with Crippen LogP contribution in [0.5, 0.6) is 0 Å². The number of likely N-dealkylation sites (N-methyl/N-ethyl adjacent to an activating group) is 1. The molecule has 2 rings (SSSR count). The van der Waals surface area contributed by atoms with Crippen LogP contribution in [-0.2, 0) is 19.1 Å². The van der Waals surface area contributed by atoms with Crippen molar-refractivity contribution < 1.29 is 32.3 Å². The van der Waals surface area contributed by atoms with Gasteiger partial charge in [-0.1, -0.05) is 0 Å². The second-order valence-electron chi connectivity index (χ2n) is 5.49. The molecule has 1 aromatic rings. The van der Waals surface area contributed by atoms with Gasteiger partial charge in [0, 0.05) is 45.0 Å². The predicted molar refractivity (Wildman–Crippen MR) is 84.9 cm³/mol. The summed E-state index contributed by atoms with van der Waals surface area (Å²) >= 11 is 0. The van der Waals surface area contributed by atoms with Gasteiger partial charge < -0.3 is 15.0 Å². The SMILES string of the molecule is CC(=O)N1N=C(c2ccncc2)OC1C(=O)N(C)CCNC(=O)C(F)(F)F. The molecule has 1 aliphatic rings. The maximum absolute atomic E-state index is 12.5. The van der Waals surface area contributed by atoms with Crippen LogP contribution in [0.2, 0.25) is 0 Å². The number of hydrazone groups is 1. The van der Waals surface area contributed by atoms with Crippen LogP contribution in [0.3, 0.4) is 0 Å². The Morgan fingerprint density at radius 3 is 2.48 bits per heavy atom. The van der Waals surface area contributed by atoms with Crippen LogP contribution in [0.1, 0.15) is 12.5 Å². The van der Waals surface area contributed by atoms with Crippen molar-refractivity contribution >= 4 is 23.6 Å². The first-order valence-electron chi connectivity index (χ1n) is 7.66. The van der Waals surface area contributed by atoms with Crippen LogP contribution in [0.4, 0.5) is 13.2 Å². The quantitative estimate of drug-likeness (QED) is 0.771. The zero-order valence-electron chi connectivity index (χ0n) is 14.4. The number of nitrogens with one attached hydrogen (secondary N) is 1. The molecule has 0 fully saturated rings. The highest BCUT2D eigenvalue weighted by molar-refractivity contribution is 5.99. The first-order valence-corrected chi connectivity index (χ1v) is 7.66. The fraction of sp³-hybridized carbons (Fsp3) is 0.400. The molecule has 0 saturated carbocycles. The third-order valence-electron chi connectivity index (χ3n) is 3.47. The van der Waals surface area contributed by atoms with E-state index in [1.165, 1.54) is 26.4 Å². The molecule has 3 amide bonds. The molecule has 0 saturated heterocycles. The summed E-state index contributed by atoms with van der Waals surface area (Å²) in [4.78, 5) is 39.9. The molecule has 9 nitrogen and oxygen atoms in total. The molecule has 1 N–H and O–H groups in total. The summed E-state index contributed by atoms with van der Waals surface area (Å²) in [5.74, 6) is -3.34. The summed E-state index contributed by atoms with van der Waals surface area (Å²) in [5, 5.41) is 6.46. The maximum Gasteiger partial charge on any atom is 0.471 e. The fourth-order valence-electron chi connectivity index (χ4n) is 2.08. The number of hydrogen-bond donors (Lipinski definition) is 1. The molecule has 1 unspecified atom stereocenters. The monoisotopic (exact) mass is 387 g/mol. The van der Waals surface area contributed by atoms with E-state index in [1.807, 2.05) is 0 Å². The highest BCUT2D eigenvalue weighted by Gasteiger charge is 2.40. The number of rotatable bonds is 5. The largest absolute Gasteiger partial charge is 0.471 e. The summed E-state index contributed by atoms with van der Waals surface area (Å²) < 4.78 is 41.9. The number of hydrogen-bond acceptors (Lipinski definition) is 6. The smallest absolute Gasteiger partial charge is 0.440 e. The number of alkyl halides is 3. The van der Waals surface area contributed by atoms with Gasteiger partial charge in [0.25, 0.3) is 12.1 Å². The third kappa shape index (κ3) is 4.92. The van der Waals surface area contributed by atoms with Crippen molar-refractivity contribution in [3.05, 3.63) is 30.1 Å². The summed E-state index contributed by atoms with van der Waals surface area (Å²) in [6.45, 7) is 0.536. The van der Waals surface area contributed by atoms with E-state index in [9.17, 15) is 27.6 Å². The normalized spacial score (nSPS) is 16.4. The minimum absolute atomic E-state index is 0.0322. The molecule has 0 spiro atoms. The fourth-order valence-corrected chi connectivity index (χ4v) is 2.08. The molecule has 0 radical (unpaired) electrons. The van der Waals surface area contributed by atoms with Gasteiger partial charge in [-0.15, -0.1) is 5.10 Å². The van der Waals surface area contributed by atoms with Gasteiger partial charge in [-0.05, 0) is 12.1 Å². The Hall–Kier alpha value is -3.18. The Bertz CT molecular complexity index is 754. The van der Waals surface area contributed by atoms with Crippen LogP contribution < -0.4 is 5.32 Å². The standard InChI is InChI=1S/C15H16F3N5O4/c1-9(24)23-13(27-11(21-23)10-3-5-19-6-4-10)12(25)22(2)8-7-20-14(26)15(16,17)18/h3-6,13H,7-8H2,1-2H3,(H,20,26). The van der Waals surface area contributed by atoms with Crippen molar-refractivity contribution in [1.29, 1.82) is 0 Å². The van der Waals surface area contributed by atoms with Gasteiger partial charge in [-0.3, -0.25) is 19.4 Å². The molecule has 146 valence electrons. The lowest BCUT2D eigenvalue weighted by Crippen LogP contribution is -2.48.